The molecule has 3 nitrogen and oxygen atoms in total. The minimum atomic E-state index is -0.147. The second-order valence-corrected chi connectivity index (χ2v) is 7.18. The summed E-state index contributed by atoms with van der Waals surface area (Å²) in [6.07, 6.45) is 8.41. The molecular formula is C15H25N3S. The molecule has 1 aromatic rings. The largest absolute Gasteiger partial charge is 0.319 e. The minimum absolute atomic E-state index is 0.147. The topological polar surface area (TPSA) is 42.1 Å². The van der Waals surface area contributed by atoms with Gasteiger partial charge in [-0.2, -0.15) is 0 Å². The number of hydrogen-bond donors (Lipinski definition) is 1. The van der Waals surface area contributed by atoms with Gasteiger partial charge >= 0.3 is 0 Å². The number of aromatic nitrogens is 1. The lowest BCUT2D eigenvalue weighted by atomic mass is 9.89. The number of piperidine rings is 1. The standard InChI is InChI=1S/C15H25N3S/c1-2-9-18-10-7-15(16,8-11-18)14-17-12-5-3-4-6-13(12)19-14/h2-11,16H2,1H3. The van der Waals surface area contributed by atoms with Crippen LogP contribution in [-0.4, -0.2) is 29.5 Å². The second-order valence-electron chi connectivity index (χ2n) is 6.09. The summed E-state index contributed by atoms with van der Waals surface area (Å²) in [5, 5.41) is 1.22. The number of fused-ring (bicyclic) bond motifs is 1. The number of nitrogens with two attached hydrogens (primary N) is 1. The first-order valence-corrected chi connectivity index (χ1v) is 8.53. The molecule has 3 rings (SSSR count). The first kappa shape index (κ1) is 13.5. The van der Waals surface area contributed by atoms with Gasteiger partial charge in [-0.3, -0.25) is 0 Å². The van der Waals surface area contributed by atoms with Crippen LogP contribution in [0.5, 0.6) is 0 Å². The van der Waals surface area contributed by atoms with Crippen molar-refractivity contribution in [3.63, 3.8) is 0 Å². The molecule has 2 N–H and O–H groups in total. The first-order chi connectivity index (χ1) is 9.21. The van der Waals surface area contributed by atoms with Crippen LogP contribution in [0.4, 0.5) is 0 Å². The van der Waals surface area contributed by atoms with Gasteiger partial charge in [0.2, 0.25) is 0 Å². The zero-order chi connectivity index (χ0) is 13.3. The van der Waals surface area contributed by atoms with E-state index in [1.165, 1.54) is 54.2 Å². The van der Waals surface area contributed by atoms with Crippen LogP contribution >= 0.6 is 11.3 Å². The van der Waals surface area contributed by atoms with Crippen LogP contribution in [0.2, 0.25) is 0 Å². The van der Waals surface area contributed by atoms with Crippen molar-refractivity contribution in [3.05, 3.63) is 15.6 Å². The van der Waals surface area contributed by atoms with Crippen LogP contribution < -0.4 is 5.73 Å². The molecule has 0 atom stereocenters. The van der Waals surface area contributed by atoms with E-state index in [4.69, 9.17) is 10.7 Å². The Morgan fingerprint density at radius 3 is 2.68 bits per heavy atom. The Labute approximate surface area is 120 Å². The Kier molecular flexibility index (Phi) is 3.92. The van der Waals surface area contributed by atoms with Crippen LogP contribution in [0, 0.1) is 0 Å². The number of thiazole rings is 1. The van der Waals surface area contributed by atoms with Gasteiger partial charge in [0.15, 0.2) is 0 Å². The van der Waals surface area contributed by atoms with E-state index in [1.807, 2.05) is 11.3 Å². The quantitative estimate of drug-likeness (QED) is 0.925. The van der Waals surface area contributed by atoms with Crippen molar-refractivity contribution < 1.29 is 0 Å². The van der Waals surface area contributed by atoms with Crippen LogP contribution in [-0.2, 0) is 18.4 Å². The molecule has 0 spiro atoms. The third kappa shape index (κ3) is 2.71. The summed E-state index contributed by atoms with van der Waals surface area (Å²) in [5.41, 5.74) is 7.88. The number of aryl methyl sites for hydroxylation is 2. The van der Waals surface area contributed by atoms with Crippen molar-refractivity contribution in [1.29, 1.82) is 0 Å². The van der Waals surface area contributed by atoms with Gasteiger partial charge in [0.05, 0.1) is 11.2 Å². The molecule has 2 aliphatic rings. The monoisotopic (exact) mass is 279 g/mol. The number of likely N-dealkylation sites (tertiary alicyclic amines) is 1. The summed E-state index contributed by atoms with van der Waals surface area (Å²) in [5.74, 6) is 0. The Morgan fingerprint density at radius 1 is 1.26 bits per heavy atom. The van der Waals surface area contributed by atoms with Gasteiger partial charge in [0.1, 0.15) is 5.01 Å². The predicted molar refractivity (Wildman–Crippen MR) is 80.6 cm³/mol. The number of hydrogen-bond acceptors (Lipinski definition) is 4. The first-order valence-electron chi connectivity index (χ1n) is 7.71. The van der Waals surface area contributed by atoms with Crippen molar-refractivity contribution in [3.8, 4) is 0 Å². The lowest BCUT2D eigenvalue weighted by Crippen LogP contribution is -2.48. The summed E-state index contributed by atoms with van der Waals surface area (Å²) in [7, 11) is 0. The number of nitrogens with zero attached hydrogens (tertiary/aromatic N) is 2. The van der Waals surface area contributed by atoms with Crippen LogP contribution in [0.25, 0.3) is 0 Å². The molecule has 1 aliphatic carbocycles. The fourth-order valence-corrected chi connectivity index (χ4v) is 4.58. The summed E-state index contributed by atoms with van der Waals surface area (Å²) in [4.78, 5) is 8.95. The Balaban J connectivity index is 1.73. The average Bonchev–Trinajstić information content (AvgIpc) is 2.86. The van der Waals surface area contributed by atoms with Gasteiger partial charge in [-0.25, -0.2) is 4.98 Å². The Hall–Kier alpha value is -0.450. The van der Waals surface area contributed by atoms with Crippen LogP contribution in [0.1, 0.15) is 54.6 Å². The Bertz CT molecular complexity index is 409. The van der Waals surface area contributed by atoms with Gasteiger partial charge in [0.25, 0.3) is 0 Å². The molecule has 2 heterocycles. The highest BCUT2D eigenvalue weighted by Gasteiger charge is 2.35. The molecule has 19 heavy (non-hydrogen) atoms. The lowest BCUT2D eigenvalue weighted by molar-refractivity contribution is 0.162. The van der Waals surface area contributed by atoms with E-state index in [1.54, 1.807) is 0 Å². The normalized spacial score (nSPS) is 23.3. The van der Waals surface area contributed by atoms with Gasteiger partial charge in [-0.1, -0.05) is 6.92 Å². The van der Waals surface area contributed by atoms with E-state index < -0.39 is 0 Å². The summed E-state index contributed by atoms with van der Waals surface area (Å²) in [6.45, 7) is 5.73. The maximum absolute atomic E-state index is 6.67. The zero-order valence-corrected chi connectivity index (χ0v) is 12.8. The molecule has 4 heteroatoms. The van der Waals surface area contributed by atoms with Gasteiger partial charge in [-0.05, 0) is 51.5 Å². The van der Waals surface area contributed by atoms with Crippen molar-refractivity contribution in [2.24, 2.45) is 5.73 Å². The van der Waals surface area contributed by atoms with Crippen LogP contribution in [0.15, 0.2) is 0 Å². The van der Waals surface area contributed by atoms with Gasteiger partial charge in [-0.15, -0.1) is 11.3 Å². The van der Waals surface area contributed by atoms with E-state index in [-0.39, 0.29) is 5.54 Å². The summed E-state index contributed by atoms with van der Waals surface area (Å²) in [6, 6.07) is 0. The summed E-state index contributed by atoms with van der Waals surface area (Å²) < 4.78 is 0. The molecule has 106 valence electrons. The molecule has 0 saturated carbocycles. The summed E-state index contributed by atoms with van der Waals surface area (Å²) >= 11 is 1.90. The molecule has 1 aromatic heterocycles. The van der Waals surface area contributed by atoms with Crippen molar-refractivity contribution in [2.45, 2.75) is 57.4 Å². The second kappa shape index (κ2) is 5.51. The molecular weight excluding hydrogens is 254 g/mol. The highest BCUT2D eigenvalue weighted by molar-refractivity contribution is 7.11. The van der Waals surface area contributed by atoms with E-state index in [0.717, 1.165) is 25.9 Å². The molecule has 0 radical (unpaired) electrons. The van der Waals surface area contributed by atoms with Crippen molar-refractivity contribution in [1.82, 2.24) is 9.88 Å². The smallest absolute Gasteiger partial charge is 0.113 e. The SMILES string of the molecule is CCCN1CCC(N)(c2nc3c(s2)CCCC3)CC1. The lowest BCUT2D eigenvalue weighted by Gasteiger charge is -2.37. The third-order valence-corrected chi connectivity index (χ3v) is 5.94. The molecule has 0 amide bonds. The minimum Gasteiger partial charge on any atom is -0.319 e. The van der Waals surface area contributed by atoms with E-state index in [2.05, 4.69) is 11.8 Å². The van der Waals surface area contributed by atoms with Crippen molar-refractivity contribution in [2.75, 3.05) is 19.6 Å². The third-order valence-electron chi connectivity index (χ3n) is 4.56. The van der Waals surface area contributed by atoms with Gasteiger partial charge in [0, 0.05) is 18.0 Å². The maximum atomic E-state index is 6.67. The highest BCUT2D eigenvalue weighted by Crippen LogP contribution is 2.36. The number of rotatable bonds is 3. The average molecular weight is 279 g/mol. The van der Waals surface area contributed by atoms with Crippen LogP contribution in [0.3, 0.4) is 0 Å². The van der Waals surface area contributed by atoms with E-state index in [9.17, 15) is 0 Å². The fraction of sp³-hybridized carbons (Fsp3) is 0.800. The molecule has 0 bridgehead atoms. The van der Waals surface area contributed by atoms with Crippen molar-refractivity contribution >= 4 is 11.3 Å². The Morgan fingerprint density at radius 2 is 2.00 bits per heavy atom. The maximum Gasteiger partial charge on any atom is 0.113 e. The van der Waals surface area contributed by atoms with E-state index >= 15 is 0 Å². The molecule has 1 saturated heterocycles. The molecule has 1 fully saturated rings. The zero-order valence-electron chi connectivity index (χ0n) is 12.0. The van der Waals surface area contributed by atoms with E-state index in [0.29, 0.717) is 0 Å². The highest BCUT2D eigenvalue weighted by atomic mass is 32.1. The molecule has 0 unspecified atom stereocenters. The fourth-order valence-electron chi connectivity index (χ4n) is 3.27. The predicted octanol–water partition coefficient (Wildman–Crippen LogP) is 2.68. The molecule has 0 aromatic carbocycles. The molecule has 1 aliphatic heterocycles. The van der Waals surface area contributed by atoms with Gasteiger partial charge < -0.3 is 10.6 Å².